The zero-order valence-corrected chi connectivity index (χ0v) is 12.1. The summed E-state index contributed by atoms with van der Waals surface area (Å²) in [7, 11) is 1.50. The van der Waals surface area contributed by atoms with Crippen molar-refractivity contribution in [1.29, 1.82) is 0 Å². The number of nitrogens with one attached hydrogen (secondary N) is 1. The molecule has 0 saturated carbocycles. The Kier molecular flexibility index (Phi) is 4.11. The van der Waals surface area contributed by atoms with Gasteiger partial charge in [0.2, 0.25) is 0 Å². The smallest absolute Gasteiger partial charge is 0.260 e. The highest BCUT2D eigenvalue weighted by molar-refractivity contribution is 9.10. The molecule has 0 bridgehead atoms. The molecule has 0 spiro atoms. The minimum absolute atomic E-state index is 0.280. The lowest BCUT2D eigenvalue weighted by molar-refractivity contribution is 0.102. The second-order valence-corrected chi connectivity index (χ2v) is 4.76. The molecule has 2 heterocycles. The lowest BCUT2D eigenvalue weighted by atomic mass is 10.2. The van der Waals surface area contributed by atoms with Gasteiger partial charge in [-0.25, -0.2) is 4.98 Å². The van der Waals surface area contributed by atoms with Gasteiger partial charge in [-0.15, -0.1) is 0 Å². The molecule has 0 aliphatic carbocycles. The number of amides is 1. The van der Waals surface area contributed by atoms with E-state index in [1.54, 1.807) is 18.5 Å². The van der Waals surface area contributed by atoms with Crippen LogP contribution in [-0.2, 0) is 0 Å². The molecule has 5 nitrogen and oxygen atoms in total. The van der Waals surface area contributed by atoms with Crippen molar-refractivity contribution in [2.24, 2.45) is 0 Å². The van der Waals surface area contributed by atoms with Crippen molar-refractivity contribution < 1.29 is 9.53 Å². The van der Waals surface area contributed by atoms with Gasteiger partial charge in [-0.2, -0.15) is 0 Å². The van der Waals surface area contributed by atoms with Crippen molar-refractivity contribution in [3.63, 3.8) is 0 Å². The van der Waals surface area contributed by atoms with Gasteiger partial charge in [0, 0.05) is 16.9 Å². The number of methoxy groups -OCH3 is 1. The minimum Gasteiger partial charge on any atom is -0.494 e. The molecule has 0 atom stereocenters. The molecule has 1 N–H and O–H groups in total. The van der Waals surface area contributed by atoms with Crippen LogP contribution in [0.3, 0.4) is 0 Å². The molecule has 0 unspecified atom stereocenters. The van der Waals surface area contributed by atoms with E-state index in [9.17, 15) is 4.79 Å². The standard InChI is InChI=1S/C13H12BrN3O2/c1-8-5-9(14)6-16-12(8)17-13(18)10-3-4-15-7-11(10)19-2/h3-7H,1-2H3,(H,16,17,18). The second-order valence-electron chi connectivity index (χ2n) is 3.85. The van der Waals surface area contributed by atoms with E-state index in [1.807, 2.05) is 13.0 Å². The summed E-state index contributed by atoms with van der Waals surface area (Å²) >= 11 is 3.33. The zero-order valence-electron chi connectivity index (χ0n) is 10.5. The van der Waals surface area contributed by atoms with Crippen LogP contribution in [0.1, 0.15) is 15.9 Å². The monoisotopic (exact) mass is 321 g/mol. The predicted octanol–water partition coefficient (Wildman–Crippen LogP) is 2.81. The molecule has 0 radical (unpaired) electrons. The van der Waals surface area contributed by atoms with Crippen LogP contribution in [-0.4, -0.2) is 23.0 Å². The second kappa shape index (κ2) is 5.79. The molecular formula is C13H12BrN3O2. The maximum atomic E-state index is 12.2. The lowest BCUT2D eigenvalue weighted by Crippen LogP contribution is -2.15. The number of carbonyl (C=O) groups excluding carboxylic acids is 1. The summed E-state index contributed by atoms with van der Waals surface area (Å²) < 4.78 is 5.97. The average molecular weight is 322 g/mol. The summed E-state index contributed by atoms with van der Waals surface area (Å²) in [5, 5.41) is 2.75. The summed E-state index contributed by atoms with van der Waals surface area (Å²) in [6.45, 7) is 1.87. The summed E-state index contributed by atoms with van der Waals surface area (Å²) in [5.74, 6) is 0.666. The Balaban J connectivity index is 2.26. The van der Waals surface area contributed by atoms with Crippen LogP contribution in [0.25, 0.3) is 0 Å². The molecular weight excluding hydrogens is 310 g/mol. The molecule has 0 fully saturated rings. The average Bonchev–Trinajstić information content (AvgIpc) is 2.41. The van der Waals surface area contributed by atoms with E-state index >= 15 is 0 Å². The van der Waals surface area contributed by atoms with E-state index in [0.717, 1.165) is 10.0 Å². The Morgan fingerprint density at radius 1 is 1.42 bits per heavy atom. The van der Waals surface area contributed by atoms with Gasteiger partial charge in [0.15, 0.2) is 0 Å². The number of carbonyl (C=O) groups is 1. The largest absolute Gasteiger partial charge is 0.494 e. The van der Waals surface area contributed by atoms with E-state index in [4.69, 9.17) is 4.74 Å². The van der Waals surface area contributed by atoms with Crippen LogP contribution in [0.15, 0.2) is 35.2 Å². The van der Waals surface area contributed by atoms with Gasteiger partial charge in [-0.1, -0.05) is 0 Å². The van der Waals surface area contributed by atoms with Gasteiger partial charge >= 0.3 is 0 Å². The fraction of sp³-hybridized carbons (Fsp3) is 0.154. The maximum absolute atomic E-state index is 12.2. The van der Waals surface area contributed by atoms with Crippen LogP contribution in [0.5, 0.6) is 5.75 Å². The SMILES string of the molecule is COc1cnccc1C(=O)Nc1ncc(Br)cc1C. The quantitative estimate of drug-likeness (QED) is 0.944. The normalized spacial score (nSPS) is 10.1. The number of aromatic nitrogens is 2. The van der Waals surface area contributed by atoms with Crippen molar-refractivity contribution in [1.82, 2.24) is 9.97 Å². The third kappa shape index (κ3) is 3.08. The van der Waals surface area contributed by atoms with Gasteiger partial charge in [0.05, 0.1) is 18.9 Å². The van der Waals surface area contributed by atoms with Crippen LogP contribution in [0, 0.1) is 6.92 Å². The highest BCUT2D eigenvalue weighted by Crippen LogP contribution is 2.20. The van der Waals surface area contributed by atoms with Gasteiger partial charge in [-0.05, 0) is 40.5 Å². The Bertz CT molecular complexity index is 617. The molecule has 6 heteroatoms. The van der Waals surface area contributed by atoms with Crippen LogP contribution < -0.4 is 10.1 Å². The summed E-state index contributed by atoms with van der Waals surface area (Å²) in [6.07, 6.45) is 4.67. The highest BCUT2D eigenvalue weighted by atomic mass is 79.9. The van der Waals surface area contributed by atoms with E-state index in [-0.39, 0.29) is 5.91 Å². The number of ether oxygens (including phenoxy) is 1. The number of pyridine rings is 2. The number of nitrogens with zero attached hydrogens (tertiary/aromatic N) is 2. The molecule has 2 aromatic rings. The van der Waals surface area contributed by atoms with Crippen molar-refractivity contribution in [3.8, 4) is 5.75 Å². The number of anilines is 1. The summed E-state index contributed by atoms with van der Waals surface area (Å²) in [4.78, 5) is 20.2. The number of hydrogen-bond donors (Lipinski definition) is 1. The molecule has 98 valence electrons. The first-order valence-electron chi connectivity index (χ1n) is 5.53. The Morgan fingerprint density at radius 2 is 2.21 bits per heavy atom. The third-order valence-corrected chi connectivity index (χ3v) is 2.96. The molecule has 0 aliphatic rings. The van der Waals surface area contributed by atoms with E-state index in [0.29, 0.717) is 17.1 Å². The summed E-state index contributed by atoms with van der Waals surface area (Å²) in [5.41, 5.74) is 1.29. The first-order valence-corrected chi connectivity index (χ1v) is 6.32. The minimum atomic E-state index is -0.280. The highest BCUT2D eigenvalue weighted by Gasteiger charge is 2.13. The van der Waals surface area contributed by atoms with Crippen molar-refractivity contribution in [2.75, 3.05) is 12.4 Å². The van der Waals surface area contributed by atoms with E-state index in [1.165, 1.54) is 13.3 Å². The van der Waals surface area contributed by atoms with Gasteiger partial charge in [0.25, 0.3) is 5.91 Å². The fourth-order valence-corrected chi connectivity index (χ4v) is 2.02. The van der Waals surface area contributed by atoms with Gasteiger partial charge in [-0.3, -0.25) is 9.78 Å². The molecule has 1 amide bonds. The lowest BCUT2D eigenvalue weighted by Gasteiger charge is -2.09. The Labute approximate surface area is 119 Å². The topological polar surface area (TPSA) is 64.1 Å². The van der Waals surface area contributed by atoms with E-state index in [2.05, 4.69) is 31.2 Å². The summed E-state index contributed by atoms with van der Waals surface area (Å²) in [6, 6.07) is 3.48. The number of aryl methyl sites for hydroxylation is 1. The fourth-order valence-electron chi connectivity index (χ4n) is 1.58. The van der Waals surface area contributed by atoms with E-state index < -0.39 is 0 Å². The molecule has 0 saturated heterocycles. The molecule has 2 aromatic heterocycles. The number of hydrogen-bond acceptors (Lipinski definition) is 4. The van der Waals surface area contributed by atoms with Gasteiger partial charge < -0.3 is 10.1 Å². The number of rotatable bonds is 3. The zero-order chi connectivity index (χ0) is 13.8. The maximum Gasteiger partial charge on any atom is 0.260 e. The molecule has 0 aromatic carbocycles. The van der Waals surface area contributed by atoms with Crippen LogP contribution in [0.4, 0.5) is 5.82 Å². The first-order chi connectivity index (χ1) is 9.11. The van der Waals surface area contributed by atoms with Crippen molar-refractivity contribution in [3.05, 3.63) is 46.3 Å². The molecule has 2 rings (SSSR count). The van der Waals surface area contributed by atoms with Crippen LogP contribution in [0.2, 0.25) is 0 Å². The van der Waals surface area contributed by atoms with Crippen molar-refractivity contribution >= 4 is 27.7 Å². The first kappa shape index (κ1) is 13.5. The Hall–Kier alpha value is -1.95. The molecule has 0 aliphatic heterocycles. The van der Waals surface area contributed by atoms with Gasteiger partial charge in [0.1, 0.15) is 11.6 Å². The molecule has 19 heavy (non-hydrogen) atoms. The Morgan fingerprint density at radius 3 is 2.89 bits per heavy atom. The van der Waals surface area contributed by atoms with Crippen molar-refractivity contribution in [2.45, 2.75) is 6.92 Å². The number of halogens is 1. The predicted molar refractivity (Wildman–Crippen MR) is 75.4 cm³/mol. The third-order valence-electron chi connectivity index (χ3n) is 2.53. The van der Waals surface area contributed by atoms with Crippen LogP contribution >= 0.6 is 15.9 Å².